The lowest BCUT2D eigenvalue weighted by Gasteiger charge is -2.16. The molecule has 2 heterocycles. The SMILES string of the molecule is COc1ccccc1C(=O)Nc1nc(-c2ccccc2C)cc(-c2cccc(C(=O)NCC3CCCN3)c2)c1C#N. The van der Waals surface area contributed by atoms with Crippen molar-refractivity contribution in [1.29, 1.82) is 5.26 Å². The predicted molar refractivity (Wildman–Crippen MR) is 159 cm³/mol. The topological polar surface area (TPSA) is 116 Å². The molecule has 41 heavy (non-hydrogen) atoms. The number of amides is 2. The first-order valence-corrected chi connectivity index (χ1v) is 13.6. The maximum atomic E-state index is 13.4. The van der Waals surface area contributed by atoms with Crippen molar-refractivity contribution in [3.8, 4) is 34.2 Å². The Morgan fingerprint density at radius 2 is 1.83 bits per heavy atom. The fourth-order valence-electron chi connectivity index (χ4n) is 5.06. The summed E-state index contributed by atoms with van der Waals surface area (Å²) in [6.07, 6.45) is 2.14. The summed E-state index contributed by atoms with van der Waals surface area (Å²) in [5.74, 6) is -0.100. The highest BCUT2D eigenvalue weighted by molar-refractivity contribution is 6.07. The van der Waals surface area contributed by atoms with Crippen molar-refractivity contribution in [3.63, 3.8) is 0 Å². The van der Waals surface area contributed by atoms with E-state index < -0.39 is 5.91 Å². The number of para-hydroxylation sites is 1. The van der Waals surface area contributed by atoms with Crippen LogP contribution in [0.5, 0.6) is 5.75 Å². The van der Waals surface area contributed by atoms with Crippen LogP contribution in [0, 0.1) is 18.3 Å². The van der Waals surface area contributed by atoms with Gasteiger partial charge >= 0.3 is 0 Å². The van der Waals surface area contributed by atoms with Gasteiger partial charge in [0, 0.05) is 29.3 Å². The third-order valence-corrected chi connectivity index (χ3v) is 7.24. The molecule has 1 unspecified atom stereocenters. The Labute approximate surface area is 239 Å². The van der Waals surface area contributed by atoms with E-state index in [1.54, 1.807) is 42.5 Å². The molecule has 1 atom stereocenters. The summed E-state index contributed by atoms with van der Waals surface area (Å²) >= 11 is 0. The molecule has 1 aliphatic rings. The largest absolute Gasteiger partial charge is 0.496 e. The number of nitriles is 1. The molecule has 0 aliphatic carbocycles. The Bertz CT molecular complexity index is 1640. The van der Waals surface area contributed by atoms with E-state index in [0.717, 1.165) is 30.5 Å². The van der Waals surface area contributed by atoms with Gasteiger partial charge in [0.25, 0.3) is 11.8 Å². The highest BCUT2D eigenvalue weighted by Gasteiger charge is 2.21. The smallest absolute Gasteiger partial charge is 0.260 e. The van der Waals surface area contributed by atoms with Crippen LogP contribution in [-0.4, -0.2) is 43.0 Å². The zero-order chi connectivity index (χ0) is 28.8. The van der Waals surface area contributed by atoms with Crippen LogP contribution in [-0.2, 0) is 0 Å². The third kappa shape index (κ3) is 6.11. The maximum Gasteiger partial charge on any atom is 0.260 e. The molecule has 8 heteroatoms. The summed E-state index contributed by atoms with van der Waals surface area (Å²) in [6, 6.07) is 26.1. The standard InChI is InChI=1S/C33H31N5O3/c1-21-9-3-4-13-25(21)29-18-27(22-10-7-11-23(17-22)32(39)36-20-24-12-8-16-35-24)28(19-34)31(37-29)38-33(40)26-14-5-6-15-30(26)41-2/h3-7,9-11,13-15,17-18,24,35H,8,12,16,20H2,1-2H3,(H,36,39)(H,37,38,40). The summed E-state index contributed by atoms with van der Waals surface area (Å²) < 4.78 is 5.36. The molecule has 1 aromatic heterocycles. The number of ether oxygens (including phenoxy) is 1. The minimum absolute atomic E-state index is 0.126. The van der Waals surface area contributed by atoms with Crippen LogP contribution < -0.4 is 20.7 Å². The molecule has 0 bridgehead atoms. The van der Waals surface area contributed by atoms with Crippen molar-refractivity contribution in [2.45, 2.75) is 25.8 Å². The number of carbonyl (C=O) groups is 2. The number of benzene rings is 3. The second-order valence-electron chi connectivity index (χ2n) is 9.94. The summed E-state index contributed by atoms with van der Waals surface area (Å²) in [6.45, 7) is 3.50. The van der Waals surface area contributed by atoms with E-state index in [0.29, 0.717) is 40.2 Å². The lowest BCUT2D eigenvalue weighted by molar-refractivity contribution is 0.0949. The number of carbonyl (C=O) groups excluding carboxylic acids is 2. The lowest BCUT2D eigenvalue weighted by atomic mass is 9.95. The monoisotopic (exact) mass is 545 g/mol. The number of anilines is 1. The van der Waals surface area contributed by atoms with Crippen LogP contribution in [0.3, 0.4) is 0 Å². The Hall–Kier alpha value is -5.00. The highest BCUT2D eigenvalue weighted by atomic mass is 16.5. The number of rotatable bonds is 8. The molecule has 0 saturated carbocycles. The van der Waals surface area contributed by atoms with E-state index in [1.807, 2.05) is 43.3 Å². The van der Waals surface area contributed by atoms with Gasteiger partial charge in [-0.05, 0) is 67.8 Å². The minimum Gasteiger partial charge on any atom is -0.496 e. The molecule has 206 valence electrons. The Morgan fingerprint density at radius 3 is 2.59 bits per heavy atom. The van der Waals surface area contributed by atoms with Crippen LogP contribution in [0.4, 0.5) is 5.82 Å². The fourth-order valence-corrected chi connectivity index (χ4v) is 5.06. The van der Waals surface area contributed by atoms with Crippen LogP contribution >= 0.6 is 0 Å². The van der Waals surface area contributed by atoms with Gasteiger partial charge in [-0.2, -0.15) is 5.26 Å². The summed E-state index contributed by atoms with van der Waals surface area (Å²) in [4.78, 5) is 31.1. The van der Waals surface area contributed by atoms with Gasteiger partial charge in [-0.3, -0.25) is 9.59 Å². The van der Waals surface area contributed by atoms with Crippen LogP contribution in [0.15, 0.2) is 78.9 Å². The molecular formula is C33H31N5O3. The van der Waals surface area contributed by atoms with Gasteiger partial charge in [-0.25, -0.2) is 4.98 Å². The van der Waals surface area contributed by atoms with Gasteiger partial charge in [0.1, 0.15) is 17.4 Å². The molecule has 5 rings (SSSR count). The van der Waals surface area contributed by atoms with Crippen LogP contribution in [0.1, 0.15) is 44.7 Å². The van der Waals surface area contributed by atoms with Gasteiger partial charge in [0.05, 0.1) is 18.4 Å². The first kappa shape index (κ1) is 27.6. The Kier molecular flexibility index (Phi) is 8.37. The van der Waals surface area contributed by atoms with Crippen molar-refractivity contribution in [2.75, 3.05) is 25.5 Å². The predicted octanol–water partition coefficient (Wildman–Crippen LogP) is 5.34. The number of nitrogens with zero attached hydrogens (tertiary/aromatic N) is 2. The van der Waals surface area contributed by atoms with Gasteiger partial charge in [0.15, 0.2) is 5.82 Å². The maximum absolute atomic E-state index is 13.4. The third-order valence-electron chi connectivity index (χ3n) is 7.24. The first-order valence-electron chi connectivity index (χ1n) is 13.6. The number of methoxy groups -OCH3 is 1. The van der Waals surface area contributed by atoms with Crippen molar-refractivity contribution < 1.29 is 14.3 Å². The number of hydrogen-bond acceptors (Lipinski definition) is 6. The van der Waals surface area contributed by atoms with Crippen molar-refractivity contribution in [2.24, 2.45) is 0 Å². The van der Waals surface area contributed by atoms with Crippen molar-refractivity contribution in [3.05, 3.63) is 101 Å². The van der Waals surface area contributed by atoms with Crippen LogP contribution in [0.2, 0.25) is 0 Å². The average Bonchev–Trinajstić information content (AvgIpc) is 3.53. The van der Waals surface area contributed by atoms with Gasteiger partial charge in [-0.1, -0.05) is 48.5 Å². The van der Waals surface area contributed by atoms with Crippen molar-refractivity contribution in [1.82, 2.24) is 15.6 Å². The normalized spacial score (nSPS) is 14.2. The molecule has 3 N–H and O–H groups in total. The number of hydrogen-bond donors (Lipinski definition) is 3. The fraction of sp³-hybridized carbons (Fsp3) is 0.212. The number of nitrogens with one attached hydrogen (secondary N) is 3. The summed E-state index contributed by atoms with van der Waals surface area (Å²) in [7, 11) is 1.50. The number of pyridine rings is 1. The molecule has 3 aromatic carbocycles. The Morgan fingerprint density at radius 1 is 1.02 bits per heavy atom. The second kappa shape index (κ2) is 12.5. The second-order valence-corrected chi connectivity index (χ2v) is 9.94. The zero-order valence-electron chi connectivity index (χ0n) is 23.0. The zero-order valence-corrected chi connectivity index (χ0v) is 23.0. The van der Waals surface area contributed by atoms with E-state index >= 15 is 0 Å². The number of aromatic nitrogens is 1. The average molecular weight is 546 g/mol. The molecule has 4 aromatic rings. The van der Waals surface area contributed by atoms with Crippen LogP contribution in [0.25, 0.3) is 22.4 Å². The molecule has 1 aliphatic heterocycles. The summed E-state index contributed by atoms with van der Waals surface area (Å²) in [5.41, 5.74) is 4.67. The molecule has 0 radical (unpaired) electrons. The minimum atomic E-state index is -0.451. The van der Waals surface area contributed by atoms with Crippen molar-refractivity contribution >= 4 is 17.6 Å². The molecule has 1 saturated heterocycles. The van der Waals surface area contributed by atoms with Gasteiger partial charge in [0.2, 0.25) is 0 Å². The van der Waals surface area contributed by atoms with Gasteiger partial charge < -0.3 is 20.7 Å². The first-order chi connectivity index (χ1) is 20.0. The molecule has 0 spiro atoms. The molecule has 2 amide bonds. The Balaban J connectivity index is 1.57. The van der Waals surface area contributed by atoms with E-state index in [1.165, 1.54) is 7.11 Å². The highest BCUT2D eigenvalue weighted by Crippen LogP contribution is 2.34. The lowest BCUT2D eigenvalue weighted by Crippen LogP contribution is -2.37. The number of aryl methyl sites for hydroxylation is 1. The summed E-state index contributed by atoms with van der Waals surface area (Å²) in [5, 5.41) is 19.5. The molecule has 1 fully saturated rings. The molecule has 8 nitrogen and oxygen atoms in total. The van der Waals surface area contributed by atoms with E-state index in [4.69, 9.17) is 9.72 Å². The quantitative estimate of drug-likeness (QED) is 0.275. The van der Waals surface area contributed by atoms with E-state index in [-0.39, 0.29) is 23.3 Å². The molecular weight excluding hydrogens is 514 g/mol. The van der Waals surface area contributed by atoms with Gasteiger partial charge in [-0.15, -0.1) is 0 Å². The van der Waals surface area contributed by atoms with E-state index in [2.05, 4.69) is 22.0 Å². The van der Waals surface area contributed by atoms with E-state index in [9.17, 15) is 14.9 Å².